The Balaban J connectivity index is 5.08. The smallest absolute Gasteiger partial charge is 0.466 e. The van der Waals surface area contributed by atoms with E-state index in [1.165, 1.54) is 0 Å². The zero-order chi connectivity index (χ0) is 19.3. The first kappa shape index (κ1) is 23.7. The van der Waals surface area contributed by atoms with Crippen molar-refractivity contribution in [2.75, 3.05) is 19.8 Å². The van der Waals surface area contributed by atoms with Crippen LogP contribution in [0.2, 0.25) is 18.1 Å². The van der Waals surface area contributed by atoms with Crippen LogP contribution in [0, 0.1) is 0 Å². The van der Waals surface area contributed by atoms with Crippen molar-refractivity contribution in [3.8, 4) is 0 Å². The Morgan fingerprint density at radius 1 is 0.920 bits per heavy atom. The molecule has 1 unspecified atom stereocenters. The van der Waals surface area contributed by atoms with E-state index in [1.54, 1.807) is 19.9 Å². The Morgan fingerprint density at radius 2 is 1.48 bits per heavy atom. The summed E-state index contributed by atoms with van der Waals surface area (Å²) >= 11 is 0. The molecule has 0 saturated carbocycles. The third-order valence-electron chi connectivity index (χ3n) is 4.36. The van der Waals surface area contributed by atoms with Crippen LogP contribution >= 0.6 is 0 Å². The first-order valence-electron chi connectivity index (χ1n) is 9.17. The molecule has 1 atom stereocenters. The Labute approximate surface area is 153 Å². The number of ether oxygens (including phenoxy) is 3. The summed E-state index contributed by atoms with van der Waals surface area (Å²) < 4.78 is 21.2. The molecule has 0 heterocycles. The maximum Gasteiger partial charge on any atom is 0.508 e. The number of carbonyl (C=O) groups is 2. The van der Waals surface area contributed by atoms with Crippen molar-refractivity contribution >= 4 is 20.4 Å². The molecule has 0 saturated heterocycles. The second-order valence-corrected chi connectivity index (χ2v) is 10.5. The zero-order valence-electron chi connectivity index (χ0n) is 16.6. The molecule has 0 spiro atoms. The minimum Gasteiger partial charge on any atom is -0.466 e. The van der Waals surface area contributed by atoms with E-state index in [-0.39, 0.29) is 31.7 Å². The minimum atomic E-state index is -1.89. The maximum absolute atomic E-state index is 12.0. The van der Waals surface area contributed by atoms with Crippen LogP contribution in [0.4, 0.5) is 4.79 Å². The van der Waals surface area contributed by atoms with Crippen LogP contribution in [0.3, 0.4) is 0 Å². The van der Waals surface area contributed by atoms with Gasteiger partial charge in [0.15, 0.2) is 8.32 Å². The van der Waals surface area contributed by atoms with E-state index in [2.05, 4.69) is 20.8 Å². The van der Waals surface area contributed by atoms with Gasteiger partial charge in [0.25, 0.3) is 0 Å². The zero-order valence-corrected chi connectivity index (χ0v) is 17.6. The molecule has 0 aliphatic rings. The summed E-state index contributed by atoms with van der Waals surface area (Å²) in [5.41, 5.74) is 0.865. The topological polar surface area (TPSA) is 71.1 Å². The predicted octanol–water partition coefficient (Wildman–Crippen LogP) is 4.45. The van der Waals surface area contributed by atoms with Crippen LogP contribution in [0.5, 0.6) is 0 Å². The highest BCUT2D eigenvalue weighted by Gasteiger charge is 2.33. The lowest BCUT2D eigenvalue weighted by atomic mass is 10.1. The fraction of sp³-hybridized carbons (Fsp3) is 0.778. The van der Waals surface area contributed by atoms with Gasteiger partial charge in [0.2, 0.25) is 0 Å². The van der Waals surface area contributed by atoms with Crippen molar-refractivity contribution in [3.05, 3.63) is 11.6 Å². The molecule has 0 N–H and O–H groups in total. The quantitative estimate of drug-likeness (QED) is 0.285. The average molecular weight is 375 g/mol. The molecule has 0 aromatic rings. The highest BCUT2D eigenvalue weighted by Crippen LogP contribution is 2.27. The molecule has 0 rings (SSSR count). The summed E-state index contributed by atoms with van der Waals surface area (Å²) in [7, 11) is -1.89. The third-order valence-corrected chi connectivity index (χ3v) is 9.01. The SMILES string of the molecule is CCOC(=O)CC(O[Si](CC)(CC)CC)/C(C)=C\COC(=O)OCC. The van der Waals surface area contributed by atoms with Crippen molar-refractivity contribution in [2.24, 2.45) is 0 Å². The Hall–Kier alpha value is -1.34. The van der Waals surface area contributed by atoms with Crippen LogP contribution in [0.1, 0.15) is 48.0 Å². The van der Waals surface area contributed by atoms with Gasteiger partial charge < -0.3 is 18.6 Å². The molecule has 0 aromatic heterocycles. The van der Waals surface area contributed by atoms with Crippen LogP contribution in [-0.4, -0.2) is 46.4 Å². The van der Waals surface area contributed by atoms with Crippen molar-refractivity contribution in [3.63, 3.8) is 0 Å². The first-order valence-corrected chi connectivity index (χ1v) is 11.7. The lowest BCUT2D eigenvalue weighted by Gasteiger charge is -2.33. The monoisotopic (exact) mass is 374 g/mol. The largest absolute Gasteiger partial charge is 0.508 e. The van der Waals surface area contributed by atoms with Gasteiger partial charge in [0.05, 0.1) is 25.7 Å². The third kappa shape index (κ3) is 9.07. The molecule has 0 aliphatic heterocycles. The number of hydrogen-bond acceptors (Lipinski definition) is 6. The maximum atomic E-state index is 12.0. The number of hydrogen-bond donors (Lipinski definition) is 0. The fourth-order valence-electron chi connectivity index (χ4n) is 2.50. The van der Waals surface area contributed by atoms with E-state index >= 15 is 0 Å². The van der Waals surface area contributed by atoms with E-state index < -0.39 is 14.5 Å². The minimum absolute atomic E-state index is 0.0896. The van der Waals surface area contributed by atoms with E-state index in [1.807, 2.05) is 6.92 Å². The first-order chi connectivity index (χ1) is 11.9. The molecule has 7 heteroatoms. The molecule has 0 bridgehead atoms. The van der Waals surface area contributed by atoms with Gasteiger partial charge in [-0.15, -0.1) is 0 Å². The summed E-state index contributed by atoms with van der Waals surface area (Å²) in [5, 5.41) is 0. The van der Waals surface area contributed by atoms with Gasteiger partial charge in [-0.3, -0.25) is 4.79 Å². The summed E-state index contributed by atoms with van der Waals surface area (Å²) in [6, 6.07) is 2.98. The summed E-state index contributed by atoms with van der Waals surface area (Å²) in [6.07, 6.45) is 0.885. The standard InChI is InChI=1S/C18H34O6Si/c1-7-21-17(19)14-16(24-25(9-3,10-4)11-5)15(6)12-13-23-18(20)22-8-2/h12,16H,7-11,13-14H2,1-6H3/b15-12-. The number of carbonyl (C=O) groups excluding carboxylic acids is 2. The van der Waals surface area contributed by atoms with Crippen LogP contribution < -0.4 is 0 Å². The van der Waals surface area contributed by atoms with Gasteiger partial charge in [-0.05, 0) is 50.6 Å². The normalized spacial score (nSPS) is 13.3. The van der Waals surface area contributed by atoms with E-state index in [0.29, 0.717) is 6.61 Å². The molecule has 0 radical (unpaired) electrons. The Kier molecular flexibility index (Phi) is 12.2. The van der Waals surface area contributed by atoms with Gasteiger partial charge in [0.1, 0.15) is 6.61 Å². The second kappa shape index (κ2) is 12.9. The molecule has 0 aliphatic carbocycles. The van der Waals surface area contributed by atoms with Crippen LogP contribution in [-0.2, 0) is 23.4 Å². The number of rotatable bonds is 12. The fourth-order valence-corrected chi connectivity index (χ4v) is 5.37. The lowest BCUT2D eigenvalue weighted by molar-refractivity contribution is -0.144. The van der Waals surface area contributed by atoms with Crippen LogP contribution in [0.15, 0.2) is 11.6 Å². The van der Waals surface area contributed by atoms with E-state index in [9.17, 15) is 9.59 Å². The second-order valence-electron chi connectivity index (χ2n) is 5.80. The Morgan fingerprint density at radius 3 is 1.96 bits per heavy atom. The highest BCUT2D eigenvalue weighted by atomic mass is 28.4. The summed E-state index contributed by atoms with van der Waals surface area (Å²) in [6.45, 7) is 12.5. The van der Waals surface area contributed by atoms with Gasteiger partial charge in [-0.2, -0.15) is 0 Å². The van der Waals surface area contributed by atoms with Crippen LogP contribution in [0.25, 0.3) is 0 Å². The average Bonchev–Trinajstić information content (AvgIpc) is 2.59. The molecular weight excluding hydrogens is 340 g/mol. The molecule has 0 aromatic carbocycles. The van der Waals surface area contributed by atoms with Crippen molar-refractivity contribution in [2.45, 2.75) is 72.2 Å². The molecule has 0 fully saturated rings. The van der Waals surface area contributed by atoms with Crippen molar-refractivity contribution in [1.82, 2.24) is 0 Å². The molecule has 25 heavy (non-hydrogen) atoms. The molecule has 146 valence electrons. The van der Waals surface area contributed by atoms with Gasteiger partial charge in [0, 0.05) is 0 Å². The van der Waals surface area contributed by atoms with Gasteiger partial charge >= 0.3 is 12.1 Å². The molecular formula is C18H34O6Si. The van der Waals surface area contributed by atoms with Gasteiger partial charge in [-0.25, -0.2) is 4.79 Å². The van der Waals surface area contributed by atoms with E-state index in [4.69, 9.17) is 18.6 Å². The van der Waals surface area contributed by atoms with Crippen molar-refractivity contribution in [1.29, 1.82) is 0 Å². The van der Waals surface area contributed by atoms with Gasteiger partial charge in [-0.1, -0.05) is 20.8 Å². The summed E-state index contributed by atoms with van der Waals surface area (Å²) in [5.74, 6) is -0.280. The Bertz CT molecular complexity index is 423. The lowest BCUT2D eigenvalue weighted by Crippen LogP contribution is -2.41. The predicted molar refractivity (Wildman–Crippen MR) is 100 cm³/mol. The summed E-state index contributed by atoms with van der Waals surface area (Å²) in [4.78, 5) is 23.2. The molecule has 0 amide bonds. The number of esters is 1. The highest BCUT2D eigenvalue weighted by molar-refractivity contribution is 6.73. The van der Waals surface area contributed by atoms with E-state index in [0.717, 1.165) is 23.7 Å². The van der Waals surface area contributed by atoms with Crippen molar-refractivity contribution < 1.29 is 28.2 Å². The molecule has 6 nitrogen and oxygen atoms in total.